The normalized spacial score (nSPS) is 19.1. The number of nitrogens with zero attached hydrogens (tertiary/aromatic N) is 3. The van der Waals surface area contributed by atoms with Crippen LogP contribution >= 0.6 is 0 Å². The number of amides is 1. The van der Waals surface area contributed by atoms with Crippen LogP contribution in [0.4, 0.5) is 0 Å². The standard InChI is InChI=1S/C26H28N4O5/c1-16-20(27-25(35-16)18-9-7-11-23(33-3)24(18)34-4)15-29-12-13-30-21(26(29)31)14-19(28-30)17-8-5-6-10-22(17)32-2/h5-13,19,21,28H,14-15H2,1-4H3. The highest BCUT2D eigenvalue weighted by Crippen LogP contribution is 2.39. The fourth-order valence-electron chi connectivity index (χ4n) is 4.63. The molecule has 3 aromatic rings. The Balaban J connectivity index is 1.35. The van der Waals surface area contributed by atoms with Crippen molar-refractivity contribution in [2.45, 2.75) is 32.0 Å². The summed E-state index contributed by atoms with van der Waals surface area (Å²) in [6.07, 6.45) is 4.30. The highest BCUT2D eigenvalue weighted by atomic mass is 16.5. The van der Waals surface area contributed by atoms with Crippen LogP contribution in [-0.2, 0) is 11.3 Å². The zero-order valence-electron chi connectivity index (χ0n) is 20.1. The number of oxazole rings is 1. The molecule has 182 valence electrons. The van der Waals surface area contributed by atoms with Crippen LogP contribution in [0.3, 0.4) is 0 Å². The maximum Gasteiger partial charge on any atom is 0.251 e. The number of benzene rings is 2. The molecule has 9 heteroatoms. The van der Waals surface area contributed by atoms with Gasteiger partial charge in [-0.1, -0.05) is 24.3 Å². The molecular formula is C26H28N4O5. The van der Waals surface area contributed by atoms with E-state index in [1.54, 1.807) is 32.4 Å². The van der Waals surface area contributed by atoms with Crippen LogP contribution in [0.1, 0.15) is 29.5 Å². The second-order valence-corrected chi connectivity index (χ2v) is 8.41. The van der Waals surface area contributed by atoms with Gasteiger partial charge in [0.15, 0.2) is 11.5 Å². The molecule has 2 aromatic carbocycles. The van der Waals surface area contributed by atoms with Crippen LogP contribution in [-0.4, -0.2) is 48.2 Å². The van der Waals surface area contributed by atoms with Crippen molar-refractivity contribution in [3.63, 3.8) is 0 Å². The second-order valence-electron chi connectivity index (χ2n) is 8.41. The summed E-state index contributed by atoms with van der Waals surface area (Å²) in [5.41, 5.74) is 5.82. The van der Waals surface area contributed by atoms with Gasteiger partial charge in [-0.25, -0.2) is 10.4 Å². The summed E-state index contributed by atoms with van der Waals surface area (Å²) >= 11 is 0. The maximum atomic E-state index is 13.4. The summed E-state index contributed by atoms with van der Waals surface area (Å²) in [4.78, 5) is 19.8. The Morgan fingerprint density at radius 2 is 1.80 bits per heavy atom. The Hall–Kier alpha value is -3.98. The van der Waals surface area contributed by atoms with Crippen LogP contribution in [0.15, 0.2) is 59.3 Å². The lowest BCUT2D eigenvalue weighted by molar-refractivity contribution is -0.135. The first-order valence-corrected chi connectivity index (χ1v) is 11.4. The fraction of sp³-hybridized carbons (Fsp3) is 0.308. The SMILES string of the molecule is COc1ccccc1C1CC2C(=O)N(Cc3nc(-c4cccc(OC)c4OC)oc3C)C=CN2N1. The van der Waals surface area contributed by atoms with Crippen LogP contribution in [0.2, 0.25) is 0 Å². The Labute approximate surface area is 203 Å². The molecule has 1 fully saturated rings. The van der Waals surface area contributed by atoms with Crippen molar-refractivity contribution in [2.75, 3.05) is 21.3 Å². The number of rotatable bonds is 7. The monoisotopic (exact) mass is 476 g/mol. The molecule has 9 nitrogen and oxygen atoms in total. The number of ether oxygens (including phenoxy) is 3. The number of carbonyl (C=O) groups is 1. The van der Waals surface area contributed by atoms with E-state index in [1.807, 2.05) is 60.6 Å². The molecule has 3 heterocycles. The largest absolute Gasteiger partial charge is 0.496 e. The molecule has 0 spiro atoms. The fourth-order valence-corrected chi connectivity index (χ4v) is 4.63. The lowest BCUT2D eigenvalue weighted by Crippen LogP contribution is -2.47. The number of hydrazine groups is 1. The molecule has 1 amide bonds. The van der Waals surface area contributed by atoms with Crippen molar-refractivity contribution in [1.82, 2.24) is 20.3 Å². The summed E-state index contributed by atoms with van der Waals surface area (Å²) in [7, 11) is 4.82. The first-order chi connectivity index (χ1) is 17.0. The summed E-state index contributed by atoms with van der Waals surface area (Å²) in [6.45, 7) is 2.15. The molecular weight excluding hydrogens is 448 g/mol. The summed E-state index contributed by atoms with van der Waals surface area (Å²) in [5.74, 6) is 3.01. The average Bonchev–Trinajstić information content (AvgIpc) is 3.49. The lowest BCUT2D eigenvalue weighted by atomic mass is 10.00. The number of carbonyl (C=O) groups excluding carboxylic acids is 1. The molecule has 5 rings (SSSR count). The van der Waals surface area contributed by atoms with E-state index >= 15 is 0 Å². The quantitative estimate of drug-likeness (QED) is 0.551. The van der Waals surface area contributed by atoms with Gasteiger partial charge in [0, 0.05) is 18.0 Å². The first kappa shape index (κ1) is 22.8. The van der Waals surface area contributed by atoms with E-state index in [9.17, 15) is 4.79 Å². The van der Waals surface area contributed by atoms with Gasteiger partial charge in [-0.05, 0) is 31.5 Å². The minimum absolute atomic E-state index is 0.000286. The average molecular weight is 477 g/mol. The van der Waals surface area contributed by atoms with Crippen LogP contribution < -0.4 is 19.6 Å². The minimum atomic E-state index is -0.319. The van der Waals surface area contributed by atoms with Gasteiger partial charge in [0.25, 0.3) is 5.91 Å². The topological polar surface area (TPSA) is 89.3 Å². The molecule has 1 saturated heterocycles. The number of hydrogen-bond acceptors (Lipinski definition) is 8. The highest BCUT2D eigenvalue weighted by Gasteiger charge is 2.41. The molecule has 0 bridgehead atoms. The van der Waals surface area contributed by atoms with E-state index in [2.05, 4.69) is 10.4 Å². The third-order valence-electron chi connectivity index (χ3n) is 6.44. The Morgan fingerprint density at radius 3 is 2.57 bits per heavy atom. The van der Waals surface area contributed by atoms with Gasteiger partial charge in [0.05, 0.1) is 39.5 Å². The molecule has 1 N–H and O–H groups in total. The Bertz CT molecular complexity index is 1270. The zero-order valence-corrected chi connectivity index (χ0v) is 20.1. The van der Waals surface area contributed by atoms with Crippen molar-refractivity contribution in [1.29, 1.82) is 0 Å². The third kappa shape index (κ3) is 4.08. The summed E-state index contributed by atoms with van der Waals surface area (Å²) in [6, 6.07) is 13.1. The van der Waals surface area contributed by atoms with Crippen molar-refractivity contribution in [3.8, 4) is 28.7 Å². The van der Waals surface area contributed by atoms with E-state index in [4.69, 9.17) is 18.6 Å². The van der Waals surface area contributed by atoms with Crippen molar-refractivity contribution in [2.24, 2.45) is 0 Å². The predicted molar refractivity (Wildman–Crippen MR) is 129 cm³/mol. The van der Waals surface area contributed by atoms with Crippen molar-refractivity contribution in [3.05, 3.63) is 71.9 Å². The van der Waals surface area contributed by atoms with E-state index < -0.39 is 0 Å². The van der Waals surface area contributed by atoms with Gasteiger partial charge >= 0.3 is 0 Å². The molecule has 1 aromatic heterocycles. The summed E-state index contributed by atoms with van der Waals surface area (Å²) in [5, 5.41) is 1.87. The molecule has 2 aliphatic heterocycles. The number of nitrogens with one attached hydrogen (secondary N) is 1. The van der Waals surface area contributed by atoms with Crippen LogP contribution in [0.5, 0.6) is 17.2 Å². The number of para-hydroxylation sites is 2. The van der Waals surface area contributed by atoms with Gasteiger partial charge < -0.3 is 28.5 Å². The number of hydrogen-bond donors (Lipinski definition) is 1. The van der Waals surface area contributed by atoms with Gasteiger partial charge in [-0.15, -0.1) is 0 Å². The van der Waals surface area contributed by atoms with Gasteiger partial charge in [0.2, 0.25) is 5.89 Å². The number of aromatic nitrogens is 1. The summed E-state index contributed by atoms with van der Waals surface area (Å²) < 4.78 is 22.4. The maximum absolute atomic E-state index is 13.4. The first-order valence-electron chi connectivity index (χ1n) is 11.4. The number of methoxy groups -OCH3 is 3. The predicted octanol–water partition coefficient (Wildman–Crippen LogP) is 3.81. The van der Waals surface area contributed by atoms with Gasteiger partial charge in [-0.2, -0.15) is 0 Å². The highest BCUT2D eigenvalue weighted by molar-refractivity contribution is 5.84. The Kier molecular flexibility index (Phi) is 6.08. The molecule has 0 radical (unpaired) electrons. The second kappa shape index (κ2) is 9.34. The molecule has 0 saturated carbocycles. The molecule has 0 aliphatic carbocycles. The molecule has 2 unspecified atom stereocenters. The van der Waals surface area contributed by atoms with Crippen molar-refractivity contribution >= 4 is 5.91 Å². The van der Waals surface area contributed by atoms with Gasteiger partial charge in [-0.3, -0.25) is 4.79 Å². The molecule has 2 aliphatic rings. The number of aryl methyl sites for hydroxylation is 1. The van der Waals surface area contributed by atoms with E-state index in [-0.39, 0.29) is 18.0 Å². The van der Waals surface area contributed by atoms with E-state index in [0.717, 1.165) is 11.3 Å². The van der Waals surface area contributed by atoms with Gasteiger partial charge in [0.1, 0.15) is 23.2 Å². The molecule has 35 heavy (non-hydrogen) atoms. The zero-order chi connectivity index (χ0) is 24.5. The van der Waals surface area contributed by atoms with Crippen LogP contribution in [0.25, 0.3) is 11.5 Å². The van der Waals surface area contributed by atoms with E-state index in [0.29, 0.717) is 47.4 Å². The minimum Gasteiger partial charge on any atom is -0.496 e. The van der Waals surface area contributed by atoms with E-state index in [1.165, 1.54) is 0 Å². The van der Waals surface area contributed by atoms with Crippen LogP contribution in [0, 0.1) is 6.92 Å². The smallest absolute Gasteiger partial charge is 0.251 e. The number of fused-ring (bicyclic) bond motifs is 1. The third-order valence-corrected chi connectivity index (χ3v) is 6.44. The lowest BCUT2D eigenvalue weighted by Gasteiger charge is -2.31. The van der Waals surface area contributed by atoms with Crippen molar-refractivity contribution < 1.29 is 23.4 Å². The molecule has 2 atom stereocenters. The Morgan fingerprint density at radius 1 is 1.03 bits per heavy atom.